The summed E-state index contributed by atoms with van der Waals surface area (Å²) in [5, 5.41) is 4.07. The van der Waals surface area contributed by atoms with Crippen LogP contribution in [0.4, 0.5) is 0 Å². The quantitative estimate of drug-likeness (QED) is 0.250. The number of benzene rings is 1. The fraction of sp³-hybridized carbons (Fsp3) is 0.576. The van der Waals surface area contributed by atoms with E-state index in [1.54, 1.807) is 25.4 Å². The predicted molar refractivity (Wildman–Crippen MR) is 171 cm³/mol. The van der Waals surface area contributed by atoms with Crippen molar-refractivity contribution in [3.63, 3.8) is 0 Å². The van der Waals surface area contributed by atoms with Gasteiger partial charge in [0.25, 0.3) is 0 Å². The number of esters is 1. The molecule has 3 aromatic rings. The third kappa shape index (κ3) is 7.40. The number of hydrogen-bond acceptors (Lipinski definition) is 8. The topological polar surface area (TPSA) is 81.6 Å². The largest absolute Gasteiger partial charge is 0.496 e. The highest BCUT2D eigenvalue weighted by Crippen LogP contribution is 2.43. The van der Waals surface area contributed by atoms with Crippen molar-refractivity contribution in [2.24, 2.45) is 0 Å². The molecule has 0 unspecified atom stereocenters. The lowest BCUT2D eigenvalue weighted by Gasteiger charge is -2.31. The number of nitrogens with zero attached hydrogens (tertiary/aromatic N) is 3. The molecule has 7 nitrogen and oxygen atoms in total. The van der Waals surface area contributed by atoms with Crippen LogP contribution in [0.15, 0.2) is 17.5 Å². The van der Waals surface area contributed by atoms with Crippen molar-refractivity contribution in [2.75, 3.05) is 26.8 Å². The van der Waals surface area contributed by atoms with Gasteiger partial charge in [-0.15, -0.1) is 22.7 Å². The molecule has 1 aliphatic heterocycles. The van der Waals surface area contributed by atoms with Crippen molar-refractivity contribution in [1.82, 2.24) is 14.9 Å². The van der Waals surface area contributed by atoms with Crippen molar-refractivity contribution in [3.05, 3.63) is 49.2 Å². The molecule has 4 rings (SSSR count). The van der Waals surface area contributed by atoms with E-state index < -0.39 is 0 Å². The minimum Gasteiger partial charge on any atom is -0.496 e. The van der Waals surface area contributed by atoms with E-state index in [1.807, 2.05) is 11.8 Å². The first-order chi connectivity index (χ1) is 19.7. The number of piperidine rings is 1. The summed E-state index contributed by atoms with van der Waals surface area (Å²) in [5.74, 6) is 1.11. The molecule has 228 valence electrons. The lowest BCUT2D eigenvalue weighted by Crippen LogP contribution is -2.38. The maximum atomic E-state index is 13.1. The molecule has 0 aliphatic carbocycles. The molecule has 3 heterocycles. The van der Waals surface area contributed by atoms with Crippen molar-refractivity contribution >= 4 is 34.6 Å². The Kier molecular flexibility index (Phi) is 9.82. The van der Waals surface area contributed by atoms with Gasteiger partial charge in [0.15, 0.2) is 0 Å². The zero-order valence-corrected chi connectivity index (χ0v) is 28.2. The monoisotopic (exact) mass is 611 g/mol. The third-order valence-electron chi connectivity index (χ3n) is 7.78. The Hall–Kier alpha value is -2.78. The predicted octanol–water partition coefficient (Wildman–Crippen LogP) is 7.23. The number of likely N-dealkylation sites (tertiary alicyclic amines) is 1. The Balaban J connectivity index is 1.43. The summed E-state index contributed by atoms with van der Waals surface area (Å²) < 4.78 is 11.0. The second-order valence-corrected chi connectivity index (χ2v) is 15.3. The SMILES string of the molecule is CCOC(=O)Cc1nc(CC(=O)N2CCC(c3nc(-c4cc(C(C)(C)C)c(OC)c(C(C)(C)C)c4)cs3)CC2)sc1C. The van der Waals surface area contributed by atoms with Crippen LogP contribution < -0.4 is 4.74 Å². The molecule has 1 fully saturated rings. The highest BCUT2D eigenvalue weighted by molar-refractivity contribution is 7.11. The summed E-state index contributed by atoms with van der Waals surface area (Å²) in [6, 6.07) is 4.49. The lowest BCUT2D eigenvalue weighted by atomic mass is 9.78. The van der Waals surface area contributed by atoms with Crippen molar-refractivity contribution in [2.45, 2.75) is 97.8 Å². The molecule has 2 aromatic heterocycles. The van der Waals surface area contributed by atoms with E-state index in [9.17, 15) is 9.59 Å². The maximum absolute atomic E-state index is 13.1. The number of carbonyl (C=O) groups is 2. The molecular weight excluding hydrogens is 567 g/mol. The maximum Gasteiger partial charge on any atom is 0.311 e. The van der Waals surface area contributed by atoms with E-state index in [0.717, 1.165) is 44.7 Å². The molecule has 1 aliphatic rings. The summed E-state index contributed by atoms with van der Waals surface area (Å²) in [6.07, 6.45) is 2.21. The van der Waals surface area contributed by atoms with Crippen molar-refractivity contribution in [1.29, 1.82) is 0 Å². The molecular formula is C33H45N3O4S2. The number of hydrogen-bond donors (Lipinski definition) is 0. The first-order valence-corrected chi connectivity index (χ1v) is 16.5. The average Bonchev–Trinajstić information content (AvgIpc) is 3.54. The molecule has 0 N–H and O–H groups in total. The molecule has 0 saturated carbocycles. The van der Waals surface area contributed by atoms with Crippen LogP contribution >= 0.6 is 22.7 Å². The summed E-state index contributed by atoms with van der Waals surface area (Å²) in [6.45, 7) is 18.8. The smallest absolute Gasteiger partial charge is 0.311 e. The molecule has 9 heteroatoms. The molecule has 0 atom stereocenters. The number of thiazole rings is 2. The number of aryl methyl sites for hydroxylation is 1. The van der Waals surface area contributed by atoms with Gasteiger partial charge in [-0.2, -0.15) is 0 Å². The molecule has 0 spiro atoms. The van der Waals surface area contributed by atoms with E-state index in [-0.39, 0.29) is 35.5 Å². The minimum absolute atomic E-state index is 0.0701. The van der Waals surface area contributed by atoms with Crippen LogP contribution in [0.3, 0.4) is 0 Å². The molecule has 0 bridgehead atoms. The Bertz CT molecular complexity index is 1380. The fourth-order valence-corrected chi connectivity index (χ4v) is 7.35. The molecule has 0 radical (unpaired) electrons. The Morgan fingerprint density at radius 1 is 1.00 bits per heavy atom. The van der Waals surface area contributed by atoms with Gasteiger partial charge in [-0.05, 0) is 49.7 Å². The second kappa shape index (κ2) is 12.8. The van der Waals surface area contributed by atoms with E-state index in [2.05, 4.69) is 64.0 Å². The number of carbonyl (C=O) groups excluding carboxylic acids is 2. The zero-order chi connectivity index (χ0) is 30.8. The van der Waals surface area contributed by atoms with E-state index in [0.29, 0.717) is 31.3 Å². The van der Waals surface area contributed by atoms with Crippen molar-refractivity contribution < 1.29 is 19.1 Å². The van der Waals surface area contributed by atoms with Gasteiger partial charge >= 0.3 is 5.97 Å². The first kappa shape index (κ1) is 32.1. The van der Waals surface area contributed by atoms with Gasteiger partial charge in [-0.1, -0.05) is 41.5 Å². The van der Waals surface area contributed by atoms with E-state index in [4.69, 9.17) is 14.5 Å². The van der Waals surface area contributed by atoms with Crippen LogP contribution in [-0.2, 0) is 38.0 Å². The highest BCUT2D eigenvalue weighted by atomic mass is 32.1. The summed E-state index contributed by atoms with van der Waals surface area (Å²) in [4.78, 5) is 37.6. The lowest BCUT2D eigenvalue weighted by molar-refractivity contribution is -0.142. The van der Waals surface area contributed by atoms with Crippen LogP contribution in [0.2, 0.25) is 0 Å². The normalized spacial score (nSPS) is 14.7. The Morgan fingerprint density at radius 2 is 1.62 bits per heavy atom. The average molecular weight is 612 g/mol. The number of rotatable bonds is 8. The Morgan fingerprint density at radius 3 is 2.17 bits per heavy atom. The van der Waals surface area contributed by atoms with Crippen LogP contribution in [0.25, 0.3) is 11.3 Å². The summed E-state index contributed by atoms with van der Waals surface area (Å²) >= 11 is 3.21. The third-order valence-corrected chi connectivity index (χ3v) is 9.80. The summed E-state index contributed by atoms with van der Waals surface area (Å²) in [5.41, 5.74) is 5.08. The number of ether oxygens (including phenoxy) is 2. The van der Waals surface area contributed by atoms with Gasteiger partial charge in [-0.3, -0.25) is 9.59 Å². The minimum atomic E-state index is -0.285. The second-order valence-electron chi connectivity index (χ2n) is 13.1. The standard InChI is InChI=1S/C33H45N3O4S2/c1-10-40-29(38)17-25-20(2)42-27(34-25)18-28(37)36-13-11-21(12-14-36)31-35-26(19-41-31)22-15-23(32(3,4)5)30(39-9)24(16-22)33(6,7)8/h15-16,19,21H,10-14,17-18H2,1-9H3. The fourth-order valence-electron chi connectivity index (χ4n) is 5.41. The molecule has 1 saturated heterocycles. The Labute approximate surface area is 258 Å². The number of aromatic nitrogens is 2. The highest BCUT2D eigenvalue weighted by Gasteiger charge is 2.30. The van der Waals surface area contributed by atoms with Gasteiger partial charge in [0.2, 0.25) is 5.91 Å². The van der Waals surface area contributed by atoms with Gasteiger partial charge in [0.1, 0.15) is 10.8 Å². The van der Waals surface area contributed by atoms with Crippen molar-refractivity contribution in [3.8, 4) is 17.0 Å². The first-order valence-electron chi connectivity index (χ1n) is 14.8. The van der Waals surface area contributed by atoms with Crippen LogP contribution in [0.5, 0.6) is 5.75 Å². The zero-order valence-electron chi connectivity index (χ0n) is 26.6. The van der Waals surface area contributed by atoms with Crippen LogP contribution in [0, 0.1) is 6.92 Å². The van der Waals surface area contributed by atoms with E-state index >= 15 is 0 Å². The molecule has 1 amide bonds. The van der Waals surface area contributed by atoms with Gasteiger partial charge < -0.3 is 14.4 Å². The molecule has 1 aromatic carbocycles. The number of methoxy groups -OCH3 is 1. The van der Waals surface area contributed by atoms with Gasteiger partial charge in [0.05, 0.1) is 43.0 Å². The number of amides is 1. The summed E-state index contributed by atoms with van der Waals surface area (Å²) in [7, 11) is 1.76. The van der Waals surface area contributed by atoms with E-state index in [1.165, 1.54) is 22.5 Å². The molecule has 42 heavy (non-hydrogen) atoms. The van der Waals surface area contributed by atoms with Crippen LogP contribution in [0.1, 0.15) is 98.9 Å². The van der Waals surface area contributed by atoms with Gasteiger partial charge in [-0.25, -0.2) is 9.97 Å². The van der Waals surface area contributed by atoms with Crippen LogP contribution in [-0.4, -0.2) is 53.6 Å². The van der Waals surface area contributed by atoms with Gasteiger partial charge in [0, 0.05) is 46.0 Å².